The molecule has 1 unspecified atom stereocenters. The van der Waals surface area contributed by atoms with Gasteiger partial charge in [0.1, 0.15) is 11.9 Å². The van der Waals surface area contributed by atoms with Crippen molar-refractivity contribution in [1.82, 2.24) is 20.2 Å². The molecule has 3 N–H and O–H groups in total. The van der Waals surface area contributed by atoms with E-state index >= 15 is 0 Å². The number of nitrogens with zero attached hydrogens (tertiary/aromatic N) is 2. The van der Waals surface area contributed by atoms with Gasteiger partial charge in [-0.3, -0.25) is 9.59 Å². The molecular formula is C13H22N4O3. The Balaban J connectivity index is 2.81. The van der Waals surface area contributed by atoms with Gasteiger partial charge in [-0.2, -0.15) is 0 Å². The lowest BCUT2D eigenvalue weighted by Gasteiger charge is -2.28. The second kappa shape index (κ2) is 7.64. The highest BCUT2D eigenvalue weighted by Gasteiger charge is 2.28. The topological polar surface area (TPSA) is 98.3 Å². The fourth-order valence-corrected chi connectivity index (χ4v) is 1.88. The normalized spacial score (nSPS) is 12.2. The quantitative estimate of drug-likeness (QED) is 0.650. The second-order valence-corrected chi connectivity index (χ2v) is 4.94. The highest BCUT2D eigenvalue weighted by molar-refractivity contribution is 5.87. The molecule has 1 heterocycles. The third-order valence-corrected chi connectivity index (χ3v) is 2.87. The second-order valence-electron chi connectivity index (χ2n) is 4.94. The zero-order chi connectivity index (χ0) is 15.1. The van der Waals surface area contributed by atoms with Crippen LogP contribution in [-0.2, 0) is 16.1 Å². The van der Waals surface area contributed by atoms with E-state index in [1.807, 2.05) is 13.8 Å². The number of hydrogen-bond acceptors (Lipinski definition) is 4. The molecular weight excluding hydrogens is 260 g/mol. The van der Waals surface area contributed by atoms with Gasteiger partial charge in [0.05, 0.1) is 13.2 Å². The molecule has 0 radical (unpaired) electrons. The summed E-state index contributed by atoms with van der Waals surface area (Å²) in [4.78, 5) is 32.2. The van der Waals surface area contributed by atoms with Crippen LogP contribution in [0.2, 0.25) is 0 Å². The molecule has 0 aliphatic carbocycles. The van der Waals surface area contributed by atoms with Gasteiger partial charge in [0.2, 0.25) is 11.8 Å². The first kappa shape index (κ1) is 16.2. The average molecular weight is 282 g/mol. The molecule has 0 fully saturated rings. The SMILES string of the molecule is CC(=O)NC(C(=O)N(CCO)Cc1ncc[nH]1)C(C)C. The summed E-state index contributed by atoms with van der Waals surface area (Å²) in [5.41, 5.74) is 0. The van der Waals surface area contributed by atoms with Gasteiger partial charge in [-0.15, -0.1) is 0 Å². The van der Waals surface area contributed by atoms with Gasteiger partial charge < -0.3 is 20.3 Å². The molecule has 7 heteroatoms. The van der Waals surface area contributed by atoms with E-state index in [1.54, 1.807) is 12.4 Å². The first-order valence-electron chi connectivity index (χ1n) is 6.60. The molecule has 0 aliphatic heterocycles. The van der Waals surface area contributed by atoms with Gasteiger partial charge in [0, 0.05) is 25.9 Å². The molecule has 2 amide bonds. The monoisotopic (exact) mass is 282 g/mol. The van der Waals surface area contributed by atoms with E-state index in [0.29, 0.717) is 5.82 Å². The Morgan fingerprint density at radius 1 is 1.50 bits per heavy atom. The number of aromatic amines is 1. The Bertz CT molecular complexity index is 431. The van der Waals surface area contributed by atoms with Crippen LogP contribution < -0.4 is 5.32 Å². The Kier molecular flexibility index (Phi) is 6.17. The lowest BCUT2D eigenvalue weighted by molar-refractivity contribution is -0.138. The summed E-state index contributed by atoms with van der Waals surface area (Å²) in [5.74, 6) is 0.126. The van der Waals surface area contributed by atoms with Gasteiger partial charge in [0.15, 0.2) is 0 Å². The van der Waals surface area contributed by atoms with Crippen molar-refractivity contribution in [3.63, 3.8) is 0 Å². The fourth-order valence-electron chi connectivity index (χ4n) is 1.88. The van der Waals surface area contributed by atoms with E-state index in [9.17, 15) is 9.59 Å². The van der Waals surface area contributed by atoms with Crippen LogP contribution >= 0.6 is 0 Å². The van der Waals surface area contributed by atoms with Crippen LogP contribution in [0.25, 0.3) is 0 Å². The number of aliphatic hydroxyl groups excluding tert-OH is 1. The number of rotatable bonds is 7. The average Bonchev–Trinajstić information content (AvgIpc) is 2.87. The number of hydrogen-bond donors (Lipinski definition) is 3. The first-order valence-corrected chi connectivity index (χ1v) is 6.60. The Hall–Kier alpha value is -1.89. The minimum atomic E-state index is -0.603. The number of carbonyl (C=O) groups excluding carboxylic acids is 2. The van der Waals surface area contributed by atoms with E-state index in [0.717, 1.165) is 0 Å². The van der Waals surface area contributed by atoms with Crippen molar-refractivity contribution in [2.24, 2.45) is 5.92 Å². The van der Waals surface area contributed by atoms with Crippen LogP contribution in [0.5, 0.6) is 0 Å². The molecule has 0 aliphatic rings. The predicted octanol–water partition coefficient (Wildman–Crippen LogP) is -0.109. The van der Waals surface area contributed by atoms with Gasteiger partial charge in [0.25, 0.3) is 0 Å². The maximum atomic E-state index is 12.5. The molecule has 0 aromatic carbocycles. The van der Waals surface area contributed by atoms with Crippen molar-refractivity contribution in [1.29, 1.82) is 0 Å². The van der Waals surface area contributed by atoms with Gasteiger partial charge >= 0.3 is 0 Å². The van der Waals surface area contributed by atoms with Crippen molar-refractivity contribution in [2.75, 3.05) is 13.2 Å². The van der Waals surface area contributed by atoms with Gasteiger partial charge in [-0.05, 0) is 5.92 Å². The van der Waals surface area contributed by atoms with Gasteiger partial charge in [-0.25, -0.2) is 4.98 Å². The minimum Gasteiger partial charge on any atom is -0.395 e. The Labute approximate surface area is 118 Å². The summed E-state index contributed by atoms with van der Waals surface area (Å²) >= 11 is 0. The van der Waals surface area contributed by atoms with Crippen molar-refractivity contribution in [3.8, 4) is 0 Å². The number of imidazole rings is 1. The molecule has 0 bridgehead atoms. The van der Waals surface area contributed by atoms with Crippen molar-refractivity contribution >= 4 is 11.8 Å². The van der Waals surface area contributed by atoms with Crippen LogP contribution in [0, 0.1) is 5.92 Å². The highest BCUT2D eigenvalue weighted by Crippen LogP contribution is 2.09. The molecule has 112 valence electrons. The van der Waals surface area contributed by atoms with E-state index in [4.69, 9.17) is 5.11 Å². The summed E-state index contributed by atoms with van der Waals surface area (Å²) in [6.07, 6.45) is 3.27. The Morgan fingerprint density at radius 2 is 2.20 bits per heavy atom. The van der Waals surface area contributed by atoms with Crippen molar-refractivity contribution in [2.45, 2.75) is 33.4 Å². The summed E-state index contributed by atoms with van der Waals surface area (Å²) in [7, 11) is 0. The van der Waals surface area contributed by atoms with Crippen LogP contribution in [0.15, 0.2) is 12.4 Å². The zero-order valence-electron chi connectivity index (χ0n) is 12.1. The summed E-state index contributed by atoms with van der Waals surface area (Å²) in [6.45, 7) is 5.44. The predicted molar refractivity (Wildman–Crippen MR) is 73.5 cm³/mol. The summed E-state index contributed by atoms with van der Waals surface area (Å²) in [6, 6.07) is -0.603. The lowest BCUT2D eigenvalue weighted by atomic mass is 10.0. The van der Waals surface area contributed by atoms with E-state index in [2.05, 4.69) is 15.3 Å². The van der Waals surface area contributed by atoms with Gasteiger partial charge in [-0.1, -0.05) is 13.8 Å². The zero-order valence-corrected chi connectivity index (χ0v) is 12.1. The summed E-state index contributed by atoms with van der Waals surface area (Å²) in [5, 5.41) is 11.8. The molecule has 1 atom stereocenters. The third kappa shape index (κ3) is 4.65. The number of amides is 2. The fraction of sp³-hybridized carbons (Fsp3) is 0.615. The molecule has 0 saturated carbocycles. The number of carbonyl (C=O) groups is 2. The van der Waals surface area contributed by atoms with Crippen molar-refractivity contribution in [3.05, 3.63) is 18.2 Å². The molecule has 7 nitrogen and oxygen atoms in total. The maximum absolute atomic E-state index is 12.5. The standard InChI is InChI=1S/C13H22N4O3/c1-9(2)12(16-10(3)19)13(20)17(6-7-18)8-11-14-4-5-15-11/h4-5,9,12,18H,6-8H2,1-3H3,(H,14,15)(H,16,19). The molecule has 0 spiro atoms. The third-order valence-electron chi connectivity index (χ3n) is 2.87. The molecule has 0 saturated heterocycles. The number of nitrogens with one attached hydrogen (secondary N) is 2. The van der Waals surface area contributed by atoms with Crippen LogP contribution in [0.3, 0.4) is 0 Å². The number of aliphatic hydroxyl groups is 1. The molecule has 1 aromatic rings. The number of aromatic nitrogens is 2. The van der Waals surface area contributed by atoms with Crippen LogP contribution in [0.4, 0.5) is 0 Å². The Morgan fingerprint density at radius 3 is 2.65 bits per heavy atom. The lowest BCUT2D eigenvalue weighted by Crippen LogP contribution is -2.51. The van der Waals surface area contributed by atoms with Crippen LogP contribution in [0.1, 0.15) is 26.6 Å². The summed E-state index contributed by atoms with van der Waals surface area (Å²) < 4.78 is 0. The highest BCUT2D eigenvalue weighted by atomic mass is 16.3. The molecule has 1 aromatic heterocycles. The van der Waals surface area contributed by atoms with Crippen molar-refractivity contribution < 1.29 is 14.7 Å². The number of H-pyrrole nitrogens is 1. The molecule has 1 rings (SSSR count). The van der Waals surface area contributed by atoms with E-state index in [1.165, 1.54) is 11.8 Å². The smallest absolute Gasteiger partial charge is 0.245 e. The van der Waals surface area contributed by atoms with E-state index in [-0.39, 0.29) is 37.4 Å². The van der Waals surface area contributed by atoms with Crippen LogP contribution in [-0.4, -0.2) is 51.0 Å². The maximum Gasteiger partial charge on any atom is 0.245 e. The van der Waals surface area contributed by atoms with E-state index < -0.39 is 6.04 Å². The first-order chi connectivity index (χ1) is 9.45. The minimum absolute atomic E-state index is 0.0378. The largest absolute Gasteiger partial charge is 0.395 e. The molecule has 20 heavy (non-hydrogen) atoms.